The molecule has 3 rings (SSSR count). The van der Waals surface area contributed by atoms with Crippen molar-refractivity contribution < 1.29 is 30.8 Å². The van der Waals surface area contributed by atoms with E-state index >= 15 is 0 Å². The van der Waals surface area contributed by atoms with Gasteiger partial charge < -0.3 is 5.32 Å². The van der Waals surface area contributed by atoms with Crippen LogP contribution in [0.15, 0.2) is 41.3 Å². The molecule has 1 heterocycles. The first kappa shape index (κ1) is 19.1. The molecular weight excluding hydrogens is 388 g/mol. The maximum Gasteiger partial charge on any atom is 0.417 e. The molecule has 2 N–H and O–H groups in total. The standard InChI is InChI=1S/C17H12F4N2O3S/c1-22-27(25,26)11-4-5-15-12(8-11)13(16(24)23-15)6-9-2-3-10(18)7-14(9)17(19,20)21/h2-8,22H,1H3,(H,23,24). The number of fused-ring (bicyclic) bond motifs is 1. The van der Waals surface area contributed by atoms with Gasteiger partial charge in [0.2, 0.25) is 10.0 Å². The van der Waals surface area contributed by atoms with Crippen molar-refractivity contribution in [2.24, 2.45) is 0 Å². The van der Waals surface area contributed by atoms with Crippen molar-refractivity contribution in [3.05, 3.63) is 58.9 Å². The van der Waals surface area contributed by atoms with Crippen LogP contribution in [0.4, 0.5) is 23.2 Å². The second-order valence-electron chi connectivity index (χ2n) is 5.66. The smallest absolute Gasteiger partial charge is 0.321 e. The fraction of sp³-hybridized carbons (Fsp3) is 0.118. The molecule has 0 saturated carbocycles. The van der Waals surface area contributed by atoms with Crippen molar-refractivity contribution in [2.45, 2.75) is 11.1 Å². The Morgan fingerprint density at radius 1 is 1.11 bits per heavy atom. The van der Waals surface area contributed by atoms with E-state index in [9.17, 15) is 30.8 Å². The molecule has 1 aliphatic rings. The quantitative estimate of drug-likeness (QED) is 0.614. The van der Waals surface area contributed by atoms with E-state index in [1.807, 2.05) is 0 Å². The van der Waals surface area contributed by atoms with Crippen molar-refractivity contribution in [3.8, 4) is 0 Å². The second-order valence-corrected chi connectivity index (χ2v) is 7.54. The molecule has 142 valence electrons. The Labute approximate surface area is 151 Å². The number of carbonyl (C=O) groups excluding carboxylic acids is 1. The number of sulfonamides is 1. The zero-order valence-electron chi connectivity index (χ0n) is 13.7. The summed E-state index contributed by atoms with van der Waals surface area (Å²) in [5.74, 6) is -1.76. The lowest BCUT2D eigenvalue weighted by Crippen LogP contribution is -2.18. The predicted molar refractivity (Wildman–Crippen MR) is 90.6 cm³/mol. The van der Waals surface area contributed by atoms with Crippen molar-refractivity contribution >= 4 is 33.3 Å². The summed E-state index contributed by atoms with van der Waals surface area (Å²) < 4.78 is 78.8. The molecule has 0 bridgehead atoms. The molecule has 0 saturated heterocycles. The van der Waals surface area contributed by atoms with Crippen LogP contribution in [0, 0.1) is 5.82 Å². The van der Waals surface area contributed by atoms with E-state index in [4.69, 9.17) is 0 Å². The van der Waals surface area contributed by atoms with E-state index in [-0.39, 0.29) is 21.7 Å². The van der Waals surface area contributed by atoms with Crippen LogP contribution in [0.1, 0.15) is 16.7 Å². The van der Waals surface area contributed by atoms with Crippen molar-refractivity contribution in [1.82, 2.24) is 4.72 Å². The van der Waals surface area contributed by atoms with E-state index in [0.717, 1.165) is 18.2 Å². The highest BCUT2D eigenvalue weighted by Gasteiger charge is 2.34. The molecule has 0 aliphatic carbocycles. The van der Waals surface area contributed by atoms with E-state index in [1.54, 1.807) is 0 Å². The van der Waals surface area contributed by atoms with Crippen LogP contribution in [0.2, 0.25) is 0 Å². The topological polar surface area (TPSA) is 75.3 Å². The first-order chi connectivity index (χ1) is 12.5. The van der Waals surface area contributed by atoms with Gasteiger partial charge in [-0.05, 0) is 49.0 Å². The molecule has 0 fully saturated rings. The van der Waals surface area contributed by atoms with Gasteiger partial charge in [-0.2, -0.15) is 13.2 Å². The number of hydrogen-bond donors (Lipinski definition) is 2. The summed E-state index contributed by atoms with van der Waals surface area (Å²) in [4.78, 5) is 12.0. The molecule has 0 aromatic heterocycles. The number of benzene rings is 2. The molecule has 1 aliphatic heterocycles. The Hall–Kier alpha value is -2.72. The Kier molecular flexibility index (Phi) is 4.56. The molecule has 1 amide bonds. The lowest BCUT2D eigenvalue weighted by molar-refractivity contribution is -0.137. The summed E-state index contributed by atoms with van der Waals surface area (Å²) in [7, 11) is -2.61. The Bertz CT molecular complexity index is 1080. The van der Waals surface area contributed by atoms with Gasteiger partial charge >= 0.3 is 6.18 Å². The van der Waals surface area contributed by atoms with Crippen LogP contribution in [0.5, 0.6) is 0 Å². The summed E-state index contributed by atoms with van der Waals surface area (Å²) in [5, 5.41) is 2.46. The van der Waals surface area contributed by atoms with Crippen LogP contribution in [-0.2, 0) is 21.0 Å². The van der Waals surface area contributed by atoms with Crippen LogP contribution in [0.25, 0.3) is 11.6 Å². The van der Waals surface area contributed by atoms with Crippen molar-refractivity contribution in [2.75, 3.05) is 12.4 Å². The average molecular weight is 400 g/mol. The molecule has 27 heavy (non-hydrogen) atoms. The second kappa shape index (κ2) is 6.46. The van der Waals surface area contributed by atoms with E-state index in [0.29, 0.717) is 6.07 Å². The Balaban J connectivity index is 2.19. The van der Waals surface area contributed by atoms with Crippen LogP contribution < -0.4 is 10.0 Å². The van der Waals surface area contributed by atoms with Crippen molar-refractivity contribution in [1.29, 1.82) is 0 Å². The van der Waals surface area contributed by atoms with E-state index in [2.05, 4.69) is 10.0 Å². The molecule has 0 radical (unpaired) electrons. The minimum atomic E-state index is -4.83. The molecule has 0 spiro atoms. The SMILES string of the molecule is CNS(=O)(=O)c1ccc2c(c1)C(=Cc1ccc(F)cc1C(F)(F)F)C(=O)N2. The monoisotopic (exact) mass is 400 g/mol. The average Bonchev–Trinajstić information content (AvgIpc) is 2.90. The number of rotatable bonds is 3. The van der Waals surface area contributed by atoms with Gasteiger partial charge in [0.05, 0.1) is 10.5 Å². The van der Waals surface area contributed by atoms with Crippen molar-refractivity contribution in [3.63, 3.8) is 0 Å². The normalized spacial score (nSPS) is 15.7. The molecule has 10 heteroatoms. The molecule has 2 aromatic carbocycles. The lowest BCUT2D eigenvalue weighted by atomic mass is 10.0. The highest BCUT2D eigenvalue weighted by atomic mass is 32.2. The Morgan fingerprint density at radius 2 is 1.81 bits per heavy atom. The number of alkyl halides is 3. The zero-order valence-corrected chi connectivity index (χ0v) is 14.5. The summed E-state index contributed by atoms with van der Waals surface area (Å²) in [6.45, 7) is 0. The van der Waals surface area contributed by atoms with Gasteiger partial charge in [-0.15, -0.1) is 0 Å². The number of anilines is 1. The molecule has 5 nitrogen and oxygen atoms in total. The maximum absolute atomic E-state index is 13.3. The van der Waals surface area contributed by atoms with Gasteiger partial charge in [-0.1, -0.05) is 6.07 Å². The third kappa shape index (κ3) is 3.58. The van der Waals surface area contributed by atoms with Gasteiger partial charge in [0.1, 0.15) is 5.82 Å². The predicted octanol–water partition coefficient (Wildman–Crippen LogP) is 3.25. The van der Waals surface area contributed by atoms with E-state index in [1.165, 1.54) is 25.2 Å². The van der Waals surface area contributed by atoms with Gasteiger partial charge in [-0.25, -0.2) is 17.5 Å². The first-order valence-corrected chi connectivity index (χ1v) is 8.99. The summed E-state index contributed by atoms with van der Waals surface area (Å²) >= 11 is 0. The van der Waals surface area contributed by atoms with Crippen LogP contribution in [-0.4, -0.2) is 21.4 Å². The Morgan fingerprint density at radius 3 is 2.44 bits per heavy atom. The largest absolute Gasteiger partial charge is 0.417 e. The fourth-order valence-electron chi connectivity index (χ4n) is 2.65. The highest BCUT2D eigenvalue weighted by Crippen LogP contribution is 2.38. The van der Waals surface area contributed by atoms with E-state index < -0.39 is 39.1 Å². The zero-order chi connectivity index (χ0) is 20.0. The number of amides is 1. The summed E-state index contributed by atoms with van der Waals surface area (Å²) in [5.41, 5.74) is -1.42. The van der Waals surface area contributed by atoms with Gasteiger partial charge in [-0.3, -0.25) is 4.79 Å². The molecule has 0 unspecified atom stereocenters. The minimum absolute atomic E-state index is 0.133. The van der Waals surface area contributed by atoms with Gasteiger partial charge in [0.15, 0.2) is 0 Å². The third-order valence-corrected chi connectivity index (χ3v) is 5.39. The molecule has 0 atom stereocenters. The summed E-state index contributed by atoms with van der Waals surface area (Å²) in [6.07, 6.45) is -3.87. The number of halogens is 4. The summed E-state index contributed by atoms with van der Waals surface area (Å²) in [6, 6.07) is 5.87. The van der Waals surface area contributed by atoms with Gasteiger partial charge in [0.25, 0.3) is 5.91 Å². The third-order valence-electron chi connectivity index (χ3n) is 3.97. The minimum Gasteiger partial charge on any atom is -0.321 e. The lowest BCUT2D eigenvalue weighted by Gasteiger charge is -2.11. The number of nitrogens with one attached hydrogen (secondary N) is 2. The molecule has 2 aromatic rings. The number of hydrogen-bond acceptors (Lipinski definition) is 3. The first-order valence-electron chi connectivity index (χ1n) is 7.51. The fourth-order valence-corrected chi connectivity index (χ4v) is 3.41. The highest BCUT2D eigenvalue weighted by molar-refractivity contribution is 7.89. The van der Waals surface area contributed by atoms with Crippen LogP contribution >= 0.6 is 0 Å². The van der Waals surface area contributed by atoms with Crippen LogP contribution in [0.3, 0.4) is 0 Å². The maximum atomic E-state index is 13.3. The molecular formula is C17H12F4N2O3S. The van der Waals surface area contributed by atoms with Gasteiger partial charge in [0, 0.05) is 16.8 Å². The number of carbonyl (C=O) groups is 1.